The fourth-order valence-electron chi connectivity index (χ4n) is 9.00. The Bertz CT molecular complexity index is 3980. The number of likely N-dealkylation sites (tertiary alicyclic amines) is 1. The fraction of sp³-hybridized carbons (Fsp3) is 0.250. The number of aliphatic hydroxyl groups excluding tert-OH is 1. The molecule has 25 nitrogen and oxygen atoms in total. The summed E-state index contributed by atoms with van der Waals surface area (Å²) in [7, 11) is 2.88. The van der Waals surface area contributed by atoms with Gasteiger partial charge in [-0.2, -0.15) is 0 Å². The lowest BCUT2D eigenvalue weighted by atomic mass is 10.0. The predicted octanol–water partition coefficient (Wildman–Crippen LogP) is 6.31. The number of carbonyl (C=O) groups excluding carboxylic acids is 6. The molecule has 9 aromatic rings. The quantitative estimate of drug-likeness (QED) is 0.0788. The Labute approximate surface area is 494 Å². The number of carboxylic acids is 1. The van der Waals surface area contributed by atoms with Crippen molar-refractivity contribution in [3.8, 4) is 49.2 Å². The number of fused-ring (bicyclic) bond motifs is 14. The van der Waals surface area contributed by atoms with Crippen molar-refractivity contribution in [2.75, 3.05) is 32.6 Å². The lowest BCUT2D eigenvalue weighted by Gasteiger charge is -2.23. The van der Waals surface area contributed by atoms with Crippen LogP contribution in [0.1, 0.15) is 105 Å². The number of amides is 6. The number of nitrogens with one attached hydrogen (secondary N) is 5. The first-order valence-corrected chi connectivity index (χ1v) is 30.3. The fourth-order valence-corrected chi connectivity index (χ4v) is 14.2. The van der Waals surface area contributed by atoms with Crippen molar-refractivity contribution in [3.05, 3.63) is 125 Å². The molecule has 0 aliphatic carbocycles. The Morgan fingerprint density at radius 3 is 2.34 bits per heavy atom. The van der Waals surface area contributed by atoms with E-state index in [0.717, 1.165) is 34.0 Å². The number of aliphatic hydroxyl groups is 1. The van der Waals surface area contributed by atoms with Gasteiger partial charge in [-0.25, -0.2) is 44.7 Å². The predicted molar refractivity (Wildman–Crippen MR) is 309 cm³/mol. The van der Waals surface area contributed by atoms with Crippen molar-refractivity contribution >= 4 is 115 Å². The highest BCUT2D eigenvalue weighted by molar-refractivity contribution is 7.16. The normalized spacial score (nSPS) is 17.1. The average molecular weight is 1230 g/mol. The minimum atomic E-state index is -1.29. The molecule has 2 aliphatic heterocycles. The number of aryl methyl sites for hydroxylation is 1. The number of pyridine rings is 1. The number of nitrogens with zero attached hydrogens (tertiary/aromatic N) is 10. The van der Waals surface area contributed by atoms with E-state index < -0.39 is 72.2 Å². The number of hydrogen-bond donors (Lipinski definition) is 7. The van der Waals surface area contributed by atoms with E-state index in [1.165, 1.54) is 65.6 Å². The molecule has 424 valence electrons. The molecule has 0 radical (unpaired) electrons. The largest absolute Gasteiger partial charge is 0.480 e. The first-order chi connectivity index (χ1) is 40.1. The van der Waals surface area contributed by atoms with Crippen LogP contribution in [0.25, 0.3) is 49.2 Å². The van der Waals surface area contributed by atoms with Crippen LogP contribution in [0.5, 0.6) is 0 Å². The van der Waals surface area contributed by atoms with Crippen molar-refractivity contribution in [1.29, 1.82) is 0 Å². The molecule has 31 heteroatoms. The van der Waals surface area contributed by atoms with Crippen molar-refractivity contribution in [1.82, 2.24) is 70.6 Å². The Balaban J connectivity index is 0.968. The van der Waals surface area contributed by atoms with Crippen molar-refractivity contribution in [3.63, 3.8) is 0 Å². The third kappa shape index (κ3) is 12.0. The average Bonchev–Trinajstić information content (AvgIpc) is 4.54. The zero-order valence-electron chi connectivity index (χ0n) is 43.6. The third-order valence-electron chi connectivity index (χ3n) is 13.1. The topological polar surface area (TPSA) is 341 Å². The van der Waals surface area contributed by atoms with Crippen LogP contribution in [0.4, 0.5) is 5.13 Å². The molecule has 10 bridgehead atoms. The summed E-state index contributed by atoms with van der Waals surface area (Å²) < 4.78 is 6.91. The van der Waals surface area contributed by atoms with Gasteiger partial charge in [0.15, 0.2) is 5.13 Å². The lowest BCUT2D eigenvalue weighted by Crippen LogP contribution is -2.40. The van der Waals surface area contributed by atoms with E-state index in [1.807, 2.05) is 0 Å². The minimum Gasteiger partial charge on any atom is -0.480 e. The van der Waals surface area contributed by atoms with Gasteiger partial charge >= 0.3 is 5.97 Å². The van der Waals surface area contributed by atoms with Crippen LogP contribution in [0.15, 0.2) is 76.5 Å². The smallest absolute Gasteiger partial charge is 0.326 e. The zero-order valence-corrected chi connectivity index (χ0v) is 48.5. The second-order valence-electron chi connectivity index (χ2n) is 18.5. The molecule has 2 aliphatic rings. The summed E-state index contributed by atoms with van der Waals surface area (Å²) in [6.07, 6.45) is 2.33. The number of benzene rings is 1. The number of aromatic nitrogens is 9. The number of anilines is 1. The number of aliphatic carboxylic acids is 1. The minimum absolute atomic E-state index is 0.0103. The van der Waals surface area contributed by atoms with E-state index in [4.69, 9.17) is 29.7 Å². The van der Waals surface area contributed by atoms with Gasteiger partial charge in [-0.3, -0.25) is 38.7 Å². The van der Waals surface area contributed by atoms with Gasteiger partial charge in [0.2, 0.25) is 11.8 Å². The van der Waals surface area contributed by atoms with Gasteiger partial charge in [0.05, 0.1) is 36.2 Å². The number of hydrogen-bond acceptors (Lipinski definition) is 23. The highest BCUT2D eigenvalue weighted by Crippen LogP contribution is 2.40. The van der Waals surface area contributed by atoms with Crippen LogP contribution in [-0.2, 0) is 25.7 Å². The number of thiazole rings is 6. The SMILES string of the molecule is CNC(=O)C[C@@H]1NC(=O)c2csc(n2)-c2ccc(-c3nc(-n4cnc(C(=O)N5CCC[C@@H]5C(=O)O)c4)cs3)nc2-c2csc(n2)-c2csc(n2)[C@H]([C@@H](O)c2ccccc2)NC(=O)CNC(=O)c2nc(sc2COC)NC(=O)c2nc1sc2C. The molecule has 10 heterocycles. The lowest BCUT2D eigenvalue weighted by molar-refractivity contribution is -0.141. The maximum absolute atomic E-state index is 14.2. The highest BCUT2D eigenvalue weighted by atomic mass is 32.1. The van der Waals surface area contributed by atoms with Crippen LogP contribution in [0.2, 0.25) is 0 Å². The van der Waals surface area contributed by atoms with Crippen molar-refractivity contribution in [2.45, 2.75) is 57.0 Å². The number of methoxy groups -OCH3 is 1. The standard InChI is InChI=1S/C52H45N15O10S6/c1-23-37-44(73)65-52-64-39(33(83-52)17-77-3)43(72)54-15-36(69)62-40(41(70)24-8-5-4-6-9-24)49-60-31(20-80-49)47-58-29(18-79-47)38-25(45-59-30(19-78-45)42(71)57-27(14-35(68)53-2)48(63-37)82-23)11-12-26(56-38)46-61-34(21-81-46)66-16-28(55-22-66)50(74)67-13-7-10-32(67)51(75)76/h4-6,8-9,11-12,16,18-22,27,32,40-41,70H,7,10,13-15,17H2,1-3H3,(H,53,68)(H,54,72)(H,57,71)(H,62,69)(H,75,76)(H,64,65,73)/t27-,32+,40-,41-/m0/s1. The zero-order chi connectivity index (χ0) is 58.1. The van der Waals surface area contributed by atoms with Gasteiger partial charge in [0.1, 0.15) is 95.2 Å². The molecule has 7 N–H and O–H groups in total. The van der Waals surface area contributed by atoms with E-state index in [9.17, 15) is 43.8 Å². The van der Waals surface area contributed by atoms with E-state index in [-0.39, 0.29) is 45.9 Å². The van der Waals surface area contributed by atoms with Gasteiger partial charge in [-0.05, 0) is 37.5 Å². The molecular formula is C52H45N15O10S6. The Kier molecular flexibility index (Phi) is 16.4. The molecule has 11 rings (SSSR count). The monoisotopic (exact) mass is 1230 g/mol. The molecule has 4 atom stereocenters. The van der Waals surface area contributed by atoms with E-state index in [2.05, 4.69) is 41.5 Å². The van der Waals surface area contributed by atoms with Crippen LogP contribution >= 0.6 is 68.0 Å². The summed E-state index contributed by atoms with van der Waals surface area (Å²) in [4.78, 5) is 134. The van der Waals surface area contributed by atoms with E-state index in [1.54, 1.807) is 75.5 Å². The van der Waals surface area contributed by atoms with E-state index in [0.29, 0.717) is 88.9 Å². The number of carbonyl (C=O) groups is 7. The summed E-state index contributed by atoms with van der Waals surface area (Å²) in [5.41, 5.74) is 2.56. The molecule has 1 fully saturated rings. The molecule has 83 heavy (non-hydrogen) atoms. The Morgan fingerprint density at radius 1 is 0.783 bits per heavy atom. The van der Waals surface area contributed by atoms with Gasteiger partial charge in [0, 0.05) is 58.9 Å². The maximum atomic E-state index is 14.2. The van der Waals surface area contributed by atoms with Crippen LogP contribution in [-0.4, -0.2) is 134 Å². The Morgan fingerprint density at radius 2 is 1.54 bits per heavy atom. The summed E-state index contributed by atoms with van der Waals surface area (Å²) in [5, 5.41) is 43.9. The number of carboxylic acid groups (broad SMARTS) is 1. The molecule has 8 aromatic heterocycles. The van der Waals surface area contributed by atoms with Gasteiger partial charge in [-0.15, -0.1) is 56.7 Å². The van der Waals surface area contributed by atoms with Gasteiger partial charge in [-0.1, -0.05) is 41.7 Å². The van der Waals surface area contributed by atoms with E-state index >= 15 is 0 Å². The molecular weight excluding hydrogens is 1190 g/mol. The number of imidazole rings is 1. The summed E-state index contributed by atoms with van der Waals surface area (Å²) >= 11 is 6.95. The number of rotatable bonds is 10. The summed E-state index contributed by atoms with van der Waals surface area (Å²) in [5.74, 6) is -4.28. The third-order valence-corrected chi connectivity index (χ3v) is 18.6. The first-order valence-electron chi connectivity index (χ1n) is 25.1. The van der Waals surface area contributed by atoms with Crippen LogP contribution in [0, 0.1) is 6.92 Å². The molecule has 1 saturated heterocycles. The summed E-state index contributed by atoms with van der Waals surface area (Å²) in [6.45, 7) is 1.37. The van der Waals surface area contributed by atoms with Crippen LogP contribution < -0.4 is 26.6 Å². The molecule has 0 unspecified atom stereocenters. The molecule has 0 spiro atoms. The van der Waals surface area contributed by atoms with Gasteiger partial charge in [0.25, 0.3) is 23.6 Å². The molecule has 0 saturated carbocycles. The second-order valence-corrected chi connectivity index (χ2v) is 24.3. The van der Waals surface area contributed by atoms with Crippen molar-refractivity contribution in [2.24, 2.45) is 0 Å². The molecule has 1 aromatic carbocycles. The van der Waals surface area contributed by atoms with Crippen LogP contribution in [0.3, 0.4) is 0 Å². The Hall–Kier alpha value is -8.43. The second kappa shape index (κ2) is 24.2. The highest BCUT2D eigenvalue weighted by Gasteiger charge is 2.36. The van der Waals surface area contributed by atoms with Gasteiger partial charge < -0.3 is 41.1 Å². The maximum Gasteiger partial charge on any atom is 0.326 e. The van der Waals surface area contributed by atoms with Crippen molar-refractivity contribution < 1.29 is 48.5 Å². The number of ether oxygens (including phenoxy) is 1. The first kappa shape index (κ1) is 56.4. The molecule has 6 amide bonds. The summed E-state index contributed by atoms with van der Waals surface area (Å²) in [6, 6.07) is 9.21.